The quantitative estimate of drug-likeness (QED) is 0.461. The van der Waals surface area contributed by atoms with Crippen LogP contribution < -0.4 is 4.90 Å². The molecule has 0 spiro atoms. The van der Waals surface area contributed by atoms with Gasteiger partial charge < -0.3 is 4.74 Å². The van der Waals surface area contributed by atoms with E-state index >= 15 is 0 Å². The van der Waals surface area contributed by atoms with Gasteiger partial charge in [-0.05, 0) is 62.1 Å². The standard InChI is InChI=1S/C23H26N2O2S2/c1-16-13-20-21(14-17(16)2)29-23(24-20)25(15-18-7-6-11-27-18)22(26)10-12-28-19-8-4-3-5-9-19/h3-5,8-9,13-14,18H,6-7,10-12,15H2,1-2H3. The van der Waals surface area contributed by atoms with Crippen LogP contribution >= 0.6 is 23.1 Å². The molecule has 1 aliphatic rings. The summed E-state index contributed by atoms with van der Waals surface area (Å²) in [4.78, 5) is 21.0. The summed E-state index contributed by atoms with van der Waals surface area (Å²) in [6, 6.07) is 14.5. The largest absolute Gasteiger partial charge is 0.376 e. The van der Waals surface area contributed by atoms with Crippen molar-refractivity contribution in [3.05, 3.63) is 53.6 Å². The van der Waals surface area contributed by atoms with Gasteiger partial charge >= 0.3 is 0 Å². The molecule has 1 atom stereocenters. The van der Waals surface area contributed by atoms with Gasteiger partial charge in [-0.3, -0.25) is 9.69 Å². The van der Waals surface area contributed by atoms with Crippen LogP contribution in [0.2, 0.25) is 0 Å². The van der Waals surface area contributed by atoms with E-state index in [2.05, 4.69) is 38.1 Å². The molecule has 4 rings (SSSR count). The molecule has 152 valence electrons. The molecule has 0 radical (unpaired) electrons. The summed E-state index contributed by atoms with van der Waals surface area (Å²) in [5, 5.41) is 0.787. The molecule has 2 aromatic carbocycles. The van der Waals surface area contributed by atoms with Crippen molar-refractivity contribution in [2.75, 3.05) is 23.8 Å². The SMILES string of the molecule is Cc1cc2nc(N(CC3CCCO3)C(=O)CCSc3ccccc3)sc2cc1C. The molecule has 0 bridgehead atoms. The van der Waals surface area contributed by atoms with Crippen LogP contribution in [0.3, 0.4) is 0 Å². The number of ether oxygens (including phenoxy) is 1. The van der Waals surface area contributed by atoms with Crippen molar-refractivity contribution in [2.45, 2.75) is 44.1 Å². The Balaban J connectivity index is 1.51. The summed E-state index contributed by atoms with van der Waals surface area (Å²) in [6.07, 6.45) is 2.66. The van der Waals surface area contributed by atoms with Crippen molar-refractivity contribution in [3.8, 4) is 0 Å². The number of hydrogen-bond acceptors (Lipinski definition) is 5. The smallest absolute Gasteiger partial charge is 0.229 e. The minimum Gasteiger partial charge on any atom is -0.376 e. The Kier molecular flexibility index (Phi) is 6.53. The number of aryl methyl sites for hydroxylation is 2. The Bertz CT molecular complexity index is 942. The van der Waals surface area contributed by atoms with E-state index in [-0.39, 0.29) is 12.0 Å². The van der Waals surface area contributed by atoms with Gasteiger partial charge in [-0.2, -0.15) is 0 Å². The van der Waals surface area contributed by atoms with Crippen molar-refractivity contribution in [1.29, 1.82) is 0 Å². The molecule has 6 heteroatoms. The molecule has 2 heterocycles. The normalized spacial score (nSPS) is 16.4. The van der Waals surface area contributed by atoms with Gasteiger partial charge in [0.2, 0.25) is 5.91 Å². The lowest BCUT2D eigenvalue weighted by molar-refractivity contribution is -0.118. The molecule has 1 aromatic heterocycles. The van der Waals surface area contributed by atoms with E-state index in [1.807, 2.05) is 23.1 Å². The molecule has 0 aliphatic carbocycles. The maximum Gasteiger partial charge on any atom is 0.229 e. The van der Waals surface area contributed by atoms with Crippen LogP contribution in [0.4, 0.5) is 5.13 Å². The second-order valence-corrected chi connectivity index (χ2v) is 9.63. The molecule has 29 heavy (non-hydrogen) atoms. The van der Waals surface area contributed by atoms with Crippen LogP contribution in [0.5, 0.6) is 0 Å². The first-order valence-corrected chi connectivity index (χ1v) is 11.9. The highest BCUT2D eigenvalue weighted by Crippen LogP contribution is 2.32. The zero-order valence-electron chi connectivity index (χ0n) is 16.9. The number of benzene rings is 2. The predicted molar refractivity (Wildman–Crippen MR) is 122 cm³/mol. The van der Waals surface area contributed by atoms with E-state index < -0.39 is 0 Å². The van der Waals surface area contributed by atoms with Crippen molar-refractivity contribution in [1.82, 2.24) is 4.98 Å². The number of anilines is 1. The average molecular weight is 427 g/mol. The summed E-state index contributed by atoms with van der Waals surface area (Å²) < 4.78 is 6.95. The summed E-state index contributed by atoms with van der Waals surface area (Å²) in [7, 11) is 0. The molecule has 1 saturated heterocycles. The maximum atomic E-state index is 13.2. The number of hydrogen-bond donors (Lipinski definition) is 0. The molecule has 4 nitrogen and oxygen atoms in total. The Labute approximate surface area is 180 Å². The minimum atomic E-state index is 0.108. The zero-order chi connectivity index (χ0) is 20.2. The van der Waals surface area contributed by atoms with E-state index in [1.54, 1.807) is 23.1 Å². The summed E-state index contributed by atoms with van der Waals surface area (Å²) in [6.45, 7) is 5.59. The van der Waals surface area contributed by atoms with Crippen molar-refractivity contribution < 1.29 is 9.53 Å². The van der Waals surface area contributed by atoms with Gasteiger partial charge in [0.05, 0.1) is 22.9 Å². The number of fused-ring (bicyclic) bond motifs is 1. The third kappa shape index (κ3) is 5.00. The number of rotatable bonds is 7. The first kappa shape index (κ1) is 20.4. The molecule has 0 N–H and O–H groups in total. The van der Waals surface area contributed by atoms with Gasteiger partial charge in [-0.25, -0.2) is 4.98 Å². The lowest BCUT2D eigenvalue weighted by atomic mass is 10.1. The van der Waals surface area contributed by atoms with E-state index in [0.717, 1.165) is 40.5 Å². The number of thioether (sulfide) groups is 1. The third-order valence-corrected chi connectivity index (χ3v) is 7.32. The molecular formula is C23H26N2O2S2. The fourth-order valence-corrected chi connectivity index (χ4v) is 5.40. The van der Waals surface area contributed by atoms with E-state index in [1.165, 1.54) is 16.0 Å². The number of thiazole rings is 1. The molecule has 1 aliphatic heterocycles. The highest BCUT2D eigenvalue weighted by Gasteiger charge is 2.26. The topological polar surface area (TPSA) is 42.4 Å². The minimum absolute atomic E-state index is 0.108. The number of aromatic nitrogens is 1. The van der Waals surface area contributed by atoms with Crippen molar-refractivity contribution in [2.24, 2.45) is 0 Å². The van der Waals surface area contributed by atoms with Gasteiger partial charge in [0, 0.05) is 23.7 Å². The van der Waals surface area contributed by atoms with Gasteiger partial charge in [-0.15, -0.1) is 11.8 Å². The van der Waals surface area contributed by atoms with Crippen LogP contribution in [0.1, 0.15) is 30.4 Å². The van der Waals surface area contributed by atoms with Gasteiger partial charge in [0.1, 0.15) is 0 Å². The fourth-order valence-electron chi connectivity index (χ4n) is 3.47. The van der Waals surface area contributed by atoms with Crippen LogP contribution in [-0.4, -0.2) is 35.9 Å². The van der Waals surface area contributed by atoms with Gasteiger partial charge in [-0.1, -0.05) is 29.5 Å². The van der Waals surface area contributed by atoms with Gasteiger partial charge in [0.25, 0.3) is 0 Å². The van der Waals surface area contributed by atoms with E-state index in [4.69, 9.17) is 9.72 Å². The first-order valence-electron chi connectivity index (χ1n) is 10.1. The number of carbonyl (C=O) groups excluding carboxylic acids is 1. The molecule has 1 fully saturated rings. The van der Waals surface area contributed by atoms with Crippen LogP contribution in [-0.2, 0) is 9.53 Å². The molecule has 1 unspecified atom stereocenters. The van der Waals surface area contributed by atoms with Crippen LogP contribution in [0.25, 0.3) is 10.2 Å². The Morgan fingerprint density at radius 2 is 2.03 bits per heavy atom. The summed E-state index contributed by atoms with van der Waals surface area (Å²) in [5.74, 6) is 0.880. The number of carbonyl (C=O) groups is 1. The van der Waals surface area contributed by atoms with Gasteiger partial charge in [0.15, 0.2) is 5.13 Å². The van der Waals surface area contributed by atoms with Crippen molar-refractivity contribution >= 4 is 44.4 Å². The van der Waals surface area contributed by atoms with Crippen LogP contribution in [0, 0.1) is 13.8 Å². The summed E-state index contributed by atoms with van der Waals surface area (Å²) in [5.41, 5.74) is 3.45. The zero-order valence-corrected chi connectivity index (χ0v) is 18.5. The maximum absolute atomic E-state index is 13.2. The average Bonchev–Trinajstić information content (AvgIpc) is 3.37. The highest BCUT2D eigenvalue weighted by molar-refractivity contribution is 7.99. The van der Waals surface area contributed by atoms with E-state index in [0.29, 0.717) is 13.0 Å². The molecule has 0 saturated carbocycles. The summed E-state index contributed by atoms with van der Waals surface area (Å²) >= 11 is 3.32. The Morgan fingerprint density at radius 3 is 2.79 bits per heavy atom. The van der Waals surface area contributed by atoms with Crippen molar-refractivity contribution in [3.63, 3.8) is 0 Å². The lowest BCUT2D eigenvalue weighted by Crippen LogP contribution is -2.37. The monoisotopic (exact) mass is 426 g/mol. The second kappa shape index (κ2) is 9.28. The Morgan fingerprint density at radius 1 is 1.24 bits per heavy atom. The first-order chi connectivity index (χ1) is 14.1. The van der Waals surface area contributed by atoms with E-state index in [9.17, 15) is 4.79 Å². The second-order valence-electron chi connectivity index (χ2n) is 7.45. The Hall–Kier alpha value is -1.89. The molecular weight excluding hydrogens is 400 g/mol. The predicted octanol–water partition coefficient (Wildman–Crippen LogP) is 5.61. The number of nitrogens with zero attached hydrogens (tertiary/aromatic N) is 2. The lowest BCUT2D eigenvalue weighted by Gasteiger charge is -2.23. The third-order valence-electron chi connectivity index (χ3n) is 5.26. The fraction of sp³-hybridized carbons (Fsp3) is 0.391. The van der Waals surface area contributed by atoms with Crippen LogP contribution in [0.15, 0.2) is 47.4 Å². The number of amides is 1. The molecule has 3 aromatic rings. The molecule has 1 amide bonds. The highest BCUT2D eigenvalue weighted by atomic mass is 32.2.